The van der Waals surface area contributed by atoms with Gasteiger partial charge >= 0.3 is 5.97 Å². The number of hydrogen-bond donors (Lipinski definition) is 0. The highest BCUT2D eigenvalue weighted by molar-refractivity contribution is 8.14. The van der Waals surface area contributed by atoms with Gasteiger partial charge in [0.15, 0.2) is 23.3 Å². The maximum Gasteiger partial charge on any atom is 0.371 e. The van der Waals surface area contributed by atoms with Gasteiger partial charge in [-0.1, -0.05) is 89.7 Å². The van der Waals surface area contributed by atoms with E-state index in [1.165, 1.54) is 0 Å². The van der Waals surface area contributed by atoms with E-state index in [0.29, 0.717) is 11.3 Å². The Labute approximate surface area is 184 Å². The fraction of sp³-hybridized carbons (Fsp3) is 0.0435. The number of thioether (sulfide) groups is 1. The van der Waals surface area contributed by atoms with Gasteiger partial charge < -0.3 is 4.84 Å². The minimum atomic E-state index is -2.37. The summed E-state index contributed by atoms with van der Waals surface area (Å²) in [6, 6.07) is 17.9. The van der Waals surface area contributed by atoms with E-state index in [4.69, 9.17) is 0 Å². The van der Waals surface area contributed by atoms with Crippen LogP contribution < -0.4 is 0 Å². The molecule has 0 bridgehead atoms. The lowest BCUT2D eigenvalue weighted by Crippen LogP contribution is -2.14. The van der Waals surface area contributed by atoms with Gasteiger partial charge in [-0.2, -0.15) is 0 Å². The summed E-state index contributed by atoms with van der Waals surface area (Å²) >= 11 is 1.14. The number of nitrogens with zero attached hydrogens (tertiary/aromatic N) is 1. The third-order valence-electron chi connectivity index (χ3n) is 4.07. The number of halogens is 5. The third-order valence-corrected chi connectivity index (χ3v) is 5.02. The van der Waals surface area contributed by atoms with Crippen molar-refractivity contribution in [3.8, 4) is 0 Å². The molecule has 3 aromatic rings. The maximum atomic E-state index is 13.8. The first-order valence-electron chi connectivity index (χ1n) is 9.10. The Bertz CT molecular complexity index is 1140. The second-order valence-electron chi connectivity index (χ2n) is 6.21. The summed E-state index contributed by atoms with van der Waals surface area (Å²) in [5.41, 5.74) is -0.230. The molecule has 0 radical (unpaired) electrons. The molecule has 0 aliphatic rings. The summed E-state index contributed by atoms with van der Waals surface area (Å²) in [6.45, 7) is 0. The molecule has 0 atom stereocenters. The fourth-order valence-corrected chi connectivity index (χ4v) is 3.27. The summed E-state index contributed by atoms with van der Waals surface area (Å²) < 4.78 is 67.5. The van der Waals surface area contributed by atoms with Crippen molar-refractivity contribution >= 4 is 28.9 Å². The zero-order valence-corrected chi connectivity index (χ0v) is 17.0. The van der Waals surface area contributed by atoms with Gasteiger partial charge in [-0.05, 0) is 5.56 Å². The van der Waals surface area contributed by atoms with E-state index in [-0.39, 0.29) is 5.04 Å². The Balaban J connectivity index is 1.81. The summed E-state index contributed by atoms with van der Waals surface area (Å²) in [5.74, 6) is -12.9. The van der Waals surface area contributed by atoms with E-state index in [1.807, 2.05) is 42.5 Å². The molecule has 0 aliphatic carbocycles. The van der Waals surface area contributed by atoms with Crippen molar-refractivity contribution in [2.24, 2.45) is 5.16 Å². The molecule has 0 fully saturated rings. The Hall–Kier alpha value is -3.46. The number of hydrogen-bond acceptors (Lipinski definition) is 4. The van der Waals surface area contributed by atoms with Gasteiger partial charge in [-0.15, -0.1) is 0 Å². The zero-order valence-electron chi connectivity index (χ0n) is 16.2. The Morgan fingerprint density at radius 2 is 1.34 bits per heavy atom. The van der Waals surface area contributed by atoms with Crippen molar-refractivity contribution in [3.05, 3.63) is 113 Å². The van der Waals surface area contributed by atoms with Crippen molar-refractivity contribution in [1.29, 1.82) is 0 Å². The predicted octanol–water partition coefficient (Wildman–Crippen LogP) is 6.35. The average Bonchev–Trinajstić information content (AvgIpc) is 2.82. The van der Waals surface area contributed by atoms with Crippen LogP contribution in [0, 0.1) is 29.1 Å². The minimum absolute atomic E-state index is 0.167. The first kappa shape index (κ1) is 23.2. The van der Waals surface area contributed by atoms with Crippen LogP contribution in [0.2, 0.25) is 0 Å². The van der Waals surface area contributed by atoms with Gasteiger partial charge in [0.1, 0.15) is 10.6 Å². The summed E-state index contributed by atoms with van der Waals surface area (Å²) in [5, 5.41) is 3.77. The minimum Gasteiger partial charge on any atom is -0.311 e. The monoisotopic (exact) mass is 463 g/mol. The number of rotatable bonds is 6. The van der Waals surface area contributed by atoms with Gasteiger partial charge in [0.25, 0.3) is 0 Å². The Kier molecular flexibility index (Phi) is 7.77. The average molecular weight is 463 g/mol. The van der Waals surface area contributed by atoms with Gasteiger partial charge in [0.05, 0.1) is 0 Å². The largest absolute Gasteiger partial charge is 0.371 e. The van der Waals surface area contributed by atoms with Crippen LogP contribution >= 0.6 is 11.8 Å². The van der Waals surface area contributed by atoms with Crippen LogP contribution in [0.4, 0.5) is 22.0 Å². The highest BCUT2D eigenvalue weighted by Gasteiger charge is 2.31. The molecule has 0 N–H and O–H groups in total. The second-order valence-corrected chi connectivity index (χ2v) is 7.22. The molecule has 0 saturated carbocycles. The topological polar surface area (TPSA) is 38.7 Å². The highest BCUT2D eigenvalue weighted by Crippen LogP contribution is 2.24. The lowest BCUT2D eigenvalue weighted by Gasteiger charge is -2.07. The molecule has 0 unspecified atom stereocenters. The number of carbonyl (C=O) groups excluding carboxylic acids is 1. The molecule has 3 nitrogen and oxygen atoms in total. The van der Waals surface area contributed by atoms with E-state index in [0.717, 1.165) is 17.3 Å². The number of oxime groups is 1. The molecule has 0 aromatic heterocycles. The molecule has 3 aromatic carbocycles. The maximum absolute atomic E-state index is 13.8. The van der Waals surface area contributed by atoms with Crippen LogP contribution in [0.25, 0.3) is 6.08 Å². The normalized spacial score (nSPS) is 11.7. The molecule has 0 amide bonds. The van der Waals surface area contributed by atoms with Crippen LogP contribution in [0.1, 0.15) is 21.5 Å². The number of carbonyl (C=O) groups is 1. The summed E-state index contributed by atoms with van der Waals surface area (Å²) in [4.78, 5) is 16.6. The van der Waals surface area contributed by atoms with Crippen LogP contribution in [-0.2, 0) is 4.84 Å². The second kappa shape index (κ2) is 10.7. The van der Waals surface area contributed by atoms with E-state index in [9.17, 15) is 26.7 Å². The van der Waals surface area contributed by atoms with Crippen LogP contribution in [-0.4, -0.2) is 16.8 Å². The van der Waals surface area contributed by atoms with Crippen molar-refractivity contribution in [2.75, 3.05) is 5.75 Å². The van der Waals surface area contributed by atoms with Gasteiger partial charge in [-0.25, -0.2) is 26.7 Å². The lowest BCUT2D eigenvalue weighted by molar-refractivity contribution is 0.0503. The van der Waals surface area contributed by atoms with Gasteiger partial charge in [-0.3, -0.25) is 0 Å². The first-order valence-corrected chi connectivity index (χ1v) is 10.1. The van der Waals surface area contributed by atoms with Crippen molar-refractivity contribution in [2.45, 2.75) is 0 Å². The molecule has 164 valence electrons. The third kappa shape index (κ3) is 5.42. The van der Waals surface area contributed by atoms with Crippen LogP contribution in [0.3, 0.4) is 0 Å². The summed E-state index contributed by atoms with van der Waals surface area (Å²) in [7, 11) is 0. The van der Waals surface area contributed by atoms with E-state index >= 15 is 0 Å². The molecule has 0 spiro atoms. The van der Waals surface area contributed by atoms with Gasteiger partial charge in [0, 0.05) is 11.3 Å². The fourth-order valence-electron chi connectivity index (χ4n) is 2.53. The zero-order chi connectivity index (χ0) is 23.1. The standard InChI is InChI=1S/C23H14F5NO2S/c24-17-16(18(25)20(27)21(28)19(17)26)23(30)31-29-22(15-11-5-2-6-12-15)32-13-7-10-14-8-3-1-4-9-14/h1-12H,13H2/b10-7+,29-22+. The molecule has 0 aliphatic heterocycles. The van der Waals surface area contributed by atoms with E-state index < -0.39 is 40.6 Å². The van der Waals surface area contributed by atoms with Crippen molar-refractivity contribution < 1.29 is 31.6 Å². The number of benzene rings is 3. The van der Waals surface area contributed by atoms with E-state index in [1.54, 1.807) is 30.3 Å². The molecule has 3 rings (SSSR count). The summed E-state index contributed by atoms with van der Waals surface area (Å²) in [6.07, 6.45) is 3.68. The lowest BCUT2D eigenvalue weighted by atomic mass is 10.1. The smallest absolute Gasteiger partial charge is 0.311 e. The molecular weight excluding hydrogens is 449 g/mol. The molecular formula is C23H14F5NO2S. The van der Waals surface area contributed by atoms with E-state index in [2.05, 4.69) is 9.99 Å². The molecule has 9 heteroatoms. The molecule has 32 heavy (non-hydrogen) atoms. The Morgan fingerprint density at radius 1 is 0.812 bits per heavy atom. The van der Waals surface area contributed by atoms with Crippen molar-refractivity contribution in [3.63, 3.8) is 0 Å². The SMILES string of the molecule is O=C(O/N=C(/SC/C=C/c1ccccc1)c1ccccc1)c1c(F)c(F)c(F)c(F)c1F. The quantitative estimate of drug-likeness (QED) is 0.0814. The van der Waals surface area contributed by atoms with Crippen molar-refractivity contribution in [1.82, 2.24) is 0 Å². The first-order chi connectivity index (χ1) is 15.4. The molecule has 0 saturated heterocycles. The predicted molar refractivity (Wildman–Crippen MR) is 113 cm³/mol. The Morgan fingerprint density at radius 3 is 1.94 bits per heavy atom. The highest BCUT2D eigenvalue weighted by atomic mass is 32.2. The molecule has 0 heterocycles. The van der Waals surface area contributed by atoms with Crippen LogP contribution in [0.15, 0.2) is 71.9 Å². The van der Waals surface area contributed by atoms with Gasteiger partial charge in [0.2, 0.25) is 5.82 Å². The van der Waals surface area contributed by atoms with Crippen LogP contribution in [0.5, 0.6) is 0 Å².